The van der Waals surface area contributed by atoms with Gasteiger partial charge in [-0.2, -0.15) is 0 Å². The smallest absolute Gasteiger partial charge is 0.220 e. The Hall–Kier alpha value is -6.89. The van der Waals surface area contributed by atoms with Crippen molar-refractivity contribution in [1.29, 1.82) is 0 Å². The van der Waals surface area contributed by atoms with Gasteiger partial charge in [0.1, 0.15) is 11.2 Å². The van der Waals surface area contributed by atoms with Gasteiger partial charge >= 0.3 is 0 Å². The van der Waals surface area contributed by atoms with Crippen LogP contribution in [0, 0.1) is 0 Å². The number of aromatic nitrogens is 4. The van der Waals surface area contributed by atoms with Crippen LogP contribution in [0.15, 0.2) is 185 Å². The lowest BCUT2D eigenvalue weighted by Gasteiger charge is -2.09. The second-order valence-corrected chi connectivity index (χ2v) is 15.1. The largest absolute Gasteiger partial charge is 0.455 e. The van der Waals surface area contributed by atoms with Crippen molar-refractivity contribution in [2.24, 2.45) is 0 Å². The molecular formula is C49H29BrN4O. The Kier molecular flexibility index (Phi) is 6.42. The van der Waals surface area contributed by atoms with Crippen molar-refractivity contribution in [2.45, 2.75) is 0 Å². The van der Waals surface area contributed by atoms with Crippen molar-refractivity contribution in [1.82, 2.24) is 18.5 Å². The maximum absolute atomic E-state index is 6.55. The van der Waals surface area contributed by atoms with E-state index in [1.54, 1.807) is 0 Å². The van der Waals surface area contributed by atoms with Crippen molar-refractivity contribution in [3.8, 4) is 33.6 Å². The first-order valence-corrected chi connectivity index (χ1v) is 19.2. The van der Waals surface area contributed by atoms with Crippen molar-refractivity contribution in [3.63, 3.8) is 0 Å². The molecule has 0 N–H and O–H groups in total. The van der Waals surface area contributed by atoms with Crippen LogP contribution in [0.4, 0.5) is 0 Å². The third-order valence-electron chi connectivity index (χ3n) is 11.1. The number of rotatable bonds is 4. The predicted octanol–water partition coefficient (Wildman–Crippen LogP) is 13.5. The van der Waals surface area contributed by atoms with Crippen molar-refractivity contribution in [2.75, 3.05) is 0 Å². The molecule has 12 rings (SSSR count). The molecule has 0 atom stereocenters. The molecule has 12 aromatic rings. The fraction of sp³-hybridized carbons (Fsp3) is 0. The van der Waals surface area contributed by atoms with Gasteiger partial charge < -0.3 is 8.98 Å². The van der Waals surface area contributed by atoms with Gasteiger partial charge in [-0.15, -0.1) is 0 Å². The number of imidazole rings is 2. The van der Waals surface area contributed by atoms with Gasteiger partial charge in [-0.05, 0) is 102 Å². The van der Waals surface area contributed by atoms with Gasteiger partial charge in [-0.1, -0.05) is 107 Å². The van der Waals surface area contributed by atoms with E-state index in [1.165, 1.54) is 10.8 Å². The molecule has 0 radical (unpaired) electrons. The normalized spacial score (nSPS) is 12.1. The summed E-state index contributed by atoms with van der Waals surface area (Å²) in [6.45, 7) is 0. The number of nitrogens with zero attached hydrogens (tertiary/aromatic N) is 4. The molecule has 0 aliphatic rings. The van der Waals surface area contributed by atoms with E-state index in [4.69, 9.17) is 9.40 Å². The Morgan fingerprint density at radius 2 is 1.13 bits per heavy atom. The van der Waals surface area contributed by atoms with Crippen molar-refractivity contribution >= 4 is 87.5 Å². The van der Waals surface area contributed by atoms with Gasteiger partial charge in [-0.25, -0.2) is 4.98 Å². The summed E-state index contributed by atoms with van der Waals surface area (Å²) in [5.74, 6) is 0.907. The topological polar surface area (TPSA) is 40.3 Å². The first-order valence-electron chi connectivity index (χ1n) is 18.4. The minimum atomic E-state index is 0.877. The van der Waals surface area contributed by atoms with E-state index in [0.717, 1.165) is 98.9 Å². The maximum atomic E-state index is 6.55. The zero-order chi connectivity index (χ0) is 36.2. The van der Waals surface area contributed by atoms with E-state index < -0.39 is 0 Å². The summed E-state index contributed by atoms with van der Waals surface area (Å²) in [6, 6.07) is 62.6. The summed E-state index contributed by atoms with van der Waals surface area (Å²) in [7, 11) is 0. The molecule has 5 nitrogen and oxygen atoms in total. The van der Waals surface area contributed by atoms with Gasteiger partial charge in [0.15, 0.2) is 0 Å². The minimum absolute atomic E-state index is 0.877. The molecule has 4 heterocycles. The van der Waals surface area contributed by atoms with Crippen LogP contribution >= 0.6 is 15.9 Å². The van der Waals surface area contributed by atoms with Gasteiger partial charge in [0.2, 0.25) is 5.78 Å². The molecule has 0 bridgehead atoms. The quantitative estimate of drug-likeness (QED) is 0.179. The molecule has 8 aromatic carbocycles. The number of benzene rings is 8. The van der Waals surface area contributed by atoms with Crippen LogP contribution in [0.3, 0.4) is 0 Å². The standard InChI is InChI=1S/C49H29BrN4O/c50-33-21-17-30(18-22-33)36-12-8-13-38-40-29-35(23-26-47(40)55-48(36)38)52-42-14-5-4-11-37(42)39-27-31(19-24-43(39)52)32-20-25-44-41(28-32)51-49-53(34-9-2-1-3-10-34)45-15-6-7-16-46(45)54(44)49/h1-29H. The third-order valence-corrected chi connectivity index (χ3v) is 11.6. The first kappa shape index (κ1) is 30.6. The summed E-state index contributed by atoms with van der Waals surface area (Å²) in [5.41, 5.74) is 15.1. The molecular weight excluding hydrogens is 740 g/mol. The van der Waals surface area contributed by atoms with Crippen molar-refractivity contribution < 1.29 is 4.42 Å². The van der Waals surface area contributed by atoms with E-state index >= 15 is 0 Å². The predicted molar refractivity (Wildman–Crippen MR) is 230 cm³/mol. The summed E-state index contributed by atoms with van der Waals surface area (Å²) in [5, 5.41) is 4.63. The molecule has 0 saturated carbocycles. The highest BCUT2D eigenvalue weighted by atomic mass is 79.9. The van der Waals surface area contributed by atoms with Crippen LogP contribution in [0.2, 0.25) is 0 Å². The third kappa shape index (κ3) is 4.49. The van der Waals surface area contributed by atoms with Gasteiger partial charge in [0, 0.05) is 43.0 Å². The van der Waals surface area contributed by atoms with Crippen LogP contribution in [0.25, 0.3) is 105 Å². The molecule has 258 valence electrons. The second kappa shape index (κ2) is 11.6. The number of hydrogen-bond donors (Lipinski definition) is 0. The lowest BCUT2D eigenvalue weighted by atomic mass is 10.0. The number of furan rings is 1. The monoisotopic (exact) mass is 768 g/mol. The Morgan fingerprint density at radius 3 is 1.98 bits per heavy atom. The Balaban J connectivity index is 1.01. The zero-order valence-corrected chi connectivity index (χ0v) is 30.9. The van der Waals surface area contributed by atoms with E-state index in [9.17, 15) is 0 Å². The van der Waals surface area contributed by atoms with Crippen LogP contribution in [-0.2, 0) is 0 Å². The van der Waals surface area contributed by atoms with Gasteiger partial charge in [0.05, 0.1) is 33.1 Å². The van der Waals surface area contributed by atoms with Crippen LogP contribution in [0.5, 0.6) is 0 Å². The number of halogens is 1. The van der Waals surface area contributed by atoms with Gasteiger partial charge in [-0.3, -0.25) is 8.97 Å². The molecule has 55 heavy (non-hydrogen) atoms. The SMILES string of the molecule is Brc1ccc(-c2cccc3c2oc2ccc(-n4c5ccccc5c5cc(-c6ccc7c(c6)nc6n(-c8ccccc8)c8ccccc8n76)ccc54)cc23)cc1. The summed E-state index contributed by atoms with van der Waals surface area (Å²) >= 11 is 3.57. The Labute approximate surface area is 323 Å². The summed E-state index contributed by atoms with van der Waals surface area (Å²) < 4.78 is 14.5. The lowest BCUT2D eigenvalue weighted by Crippen LogP contribution is -1.94. The fourth-order valence-electron chi connectivity index (χ4n) is 8.63. The summed E-state index contributed by atoms with van der Waals surface area (Å²) in [6.07, 6.45) is 0. The highest BCUT2D eigenvalue weighted by molar-refractivity contribution is 9.10. The average molecular weight is 770 g/mol. The fourth-order valence-corrected chi connectivity index (χ4v) is 8.89. The minimum Gasteiger partial charge on any atom is -0.455 e. The molecule has 0 unspecified atom stereocenters. The molecule has 0 saturated heterocycles. The molecule has 0 aliphatic heterocycles. The highest BCUT2D eigenvalue weighted by Crippen LogP contribution is 2.40. The molecule has 0 aliphatic carbocycles. The highest BCUT2D eigenvalue weighted by Gasteiger charge is 2.19. The summed E-state index contributed by atoms with van der Waals surface area (Å²) in [4.78, 5) is 5.25. The number of para-hydroxylation sites is 5. The van der Waals surface area contributed by atoms with E-state index in [-0.39, 0.29) is 0 Å². The number of fused-ring (bicyclic) bond motifs is 11. The van der Waals surface area contributed by atoms with Gasteiger partial charge in [0.25, 0.3) is 0 Å². The second-order valence-electron chi connectivity index (χ2n) is 14.2. The number of hydrogen-bond acceptors (Lipinski definition) is 2. The van der Waals surface area contributed by atoms with E-state index in [2.05, 4.69) is 205 Å². The van der Waals surface area contributed by atoms with Crippen LogP contribution in [-0.4, -0.2) is 18.5 Å². The lowest BCUT2D eigenvalue weighted by molar-refractivity contribution is 0.670. The molecule has 6 heteroatoms. The van der Waals surface area contributed by atoms with Crippen LogP contribution in [0.1, 0.15) is 0 Å². The Morgan fingerprint density at radius 1 is 0.436 bits per heavy atom. The Bertz CT molecular complexity index is 3490. The van der Waals surface area contributed by atoms with E-state index in [0.29, 0.717) is 0 Å². The zero-order valence-electron chi connectivity index (χ0n) is 29.3. The molecule has 0 fully saturated rings. The van der Waals surface area contributed by atoms with E-state index in [1.807, 2.05) is 0 Å². The molecule has 4 aromatic heterocycles. The average Bonchev–Trinajstić information content (AvgIpc) is 3.98. The molecule has 0 amide bonds. The van der Waals surface area contributed by atoms with Crippen molar-refractivity contribution in [3.05, 3.63) is 180 Å². The maximum Gasteiger partial charge on any atom is 0.220 e. The molecule has 0 spiro atoms. The van der Waals surface area contributed by atoms with Crippen LogP contribution < -0.4 is 0 Å². The first-order chi connectivity index (χ1) is 27.2.